The number of nitrogens with one attached hydrogen (secondary N) is 1. The van der Waals surface area contributed by atoms with Crippen LogP contribution in [0.4, 0.5) is 4.79 Å². The van der Waals surface area contributed by atoms with Crippen molar-refractivity contribution in [3.63, 3.8) is 0 Å². The Kier molecular flexibility index (Phi) is 3.58. The molecule has 2 aliphatic rings. The van der Waals surface area contributed by atoms with Crippen molar-refractivity contribution in [1.29, 1.82) is 0 Å². The van der Waals surface area contributed by atoms with Crippen LogP contribution in [0.25, 0.3) is 0 Å². The van der Waals surface area contributed by atoms with Gasteiger partial charge in [-0.15, -0.1) is 0 Å². The lowest BCUT2D eigenvalue weighted by Gasteiger charge is -2.32. The highest BCUT2D eigenvalue weighted by Crippen LogP contribution is 2.51. The Morgan fingerprint density at radius 2 is 2.17 bits per heavy atom. The molecule has 2 bridgehead atoms. The molecule has 0 saturated heterocycles. The number of alkyl carbamates (subject to hydrolysis) is 1. The van der Waals surface area contributed by atoms with E-state index in [-0.39, 0.29) is 0 Å². The van der Waals surface area contributed by atoms with Crippen molar-refractivity contribution in [2.24, 2.45) is 11.8 Å². The highest BCUT2D eigenvalue weighted by Gasteiger charge is 2.49. The monoisotopic (exact) mass is 255 g/mol. The van der Waals surface area contributed by atoms with Crippen molar-refractivity contribution < 1.29 is 14.6 Å². The van der Waals surface area contributed by atoms with Gasteiger partial charge in [0.05, 0.1) is 5.60 Å². The van der Waals surface area contributed by atoms with Crippen LogP contribution in [0.2, 0.25) is 0 Å². The van der Waals surface area contributed by atoms with E-state index in [9.17, 15) is 9.90 Å². The third-order valence-corrected chi connectivity index (χ3v) is 4.17. The first-order chi connectivity index (χ1) is 8.28. The number of hydrogen-bond acceptors (Lipinski definition) is 3. The van der Waals surface area contributed by atoms with Crippen molar-refractivity contribution in [2.45, 2.75) is 64.1 Å². The Labute approximate surface area is 109 Å². The molecule has 18 heavy (non-hydrogen) atoms. The highest BCUT2D eigenvalue weighted by atomic mass is 16.6. The van der Waals surface area contributed by atoms with Gasteiger partial charge in [-0.25, -0.2) is 4.79 Å². The summed E-state index contributed by atoms with van der Waals surface area (Å²) in [6, 6.07) is 0. The molecule has 0 aromatic carbocycles. The zero-order valence-electron chi connectivity index (χ0n) is 11.7. The molecular formula is C14H25NO3. The maximum atomic E-state index is 11.5. The zero-order chi connectivity index (χ0) is 13.4. The first kappa shape index (κ1) is 13.7. The summed E-state index contributed by atoms with van der Waals surface area (Å²) in [4.78, 5) is 11.5. The number of amides is 1. The highest BCUT2D eigenvalue weighted by molar-refractivity contribution is 5.67. The molecule has 2 rings (SSSR count). The fourth-order valence-corrected chi connectivity index (χ4v) is 3.42. The number of hydrogen-bond donors (Lipinski definition) is 2. The fraction of sp³-hybridized carbons (Fsp3) is 0.929. The van der Waals surface area contributed by atoms with Crippen LogP contribution in [-0.4, -0.2) is 28.9 Å². The lowest BCUT2D eigenvalue weighted by atomic mass is 9.82. The summed E-state index contributed by atoms with van der Waals surface area (Å²) in [6.45, 7) is 6.02. The molecule has 0 aromatic heterocycles. The normalized spacial score (nSPS) is 34.7. The number of rotatable bonds is 3. The maximum Gasteiger partial charge on any atom is 0.407 e. The molecule has 3 unspecified atom stereocenters. The molecule has 0 radical (unpaired) electrons. The minimum atomic E-state index is -0.544. The molecule has 4 heteroatoms. The van der Waals surface area contributed by atoms with Crippen LogP contribution in [0, 0.1) is 11.8 Å². The lowest BCUT2D eigenvalue weighted by molar-refractivity contribution is -0.0205. The van der Waals surface area contributed by atoms with Crippen LogP contribution < -0.4 is 5.32 Å². The van der Waals surface area contributed by atoms with E-state index in [2.05, 4.69) is 5.32 Å². The Morgan fingerprint density at radius 1 is 1.44 bits per heavy atom. The second-order valence-electron chi connectivity index (χ2n) is 6.86. The molecule has 0 spiro atoms. The molecule has 2 saturated carbocycles. The number of ether oxygens (including phenoxy) is 1. The molecule has 4 nitrogen and oxygen atoms in total. The summed E-state index contributed by atoms with van der Waals surface area (Å²) in [5, 5.41) is 13.3. The lowest BCUT2D eigenvalue weighted by Crippen LogP contribution is -2.40. The van der Waals surface area contributed by atoms with E-state index in [1.165, 1.54) is 12.8 Å². The summed E-state index contributed by atoms with van der Waals surface area (Å²) in [6.07, 6.45) is 4.75. The number of carbonyl (C=O) groups is 1. The van der Waals surface area contributed by atoms with Gasteiger partial charge in [0.25, 0.3) is 0 Å². The summed E-state index contributed by atoms with van der Waals surface area (Å²) in [5.41, 5.74) is -1.01. The predicted molar refractivity (Wildman–Crippen MR) is 69.3 cm³/mol. The molecule has 0 heterocycles. The zero-order valence-corrected chi connectivity index (χ0v) is 11.7. The van der Waals surface area contributed by atoms with Gasteiger partial charge in [-0.1, -0.05) is 0 Å². The molecule has 2 N–H and O–H groups in total. The van der Waals surface area contributed by atoms with Gasteiger partial charge in [-0.3, -0.25) is 0 Å². The average molecular weight is 255 g/mol. The van der Waals surface area contributed by atoms with Gasteiger partial charge in [0.2, 0.25) is 0 Å². The maximum absolute atomic E-state index is 11.5. The van der Waals surface area contributed by atoms with Gasteiger partial charge >= 0.3 is 6.09 Å². The summed E-state index contributed by atoms with van der Waals surface area (Å²) < 4.78 is 5.17. The van der Waals surface area contributed by atoms with Crippen LogP contribution in [0.3, 0.4) is 0 Å². The molecule has 0 aromatic rings. The van der Waals surface area contributed by atoms with Gasteiger partial charge in [-0.2, -0.15) is 0 Å². The van der Waals surface area contributed by atoms with E-state index in [1.807, 2.05) is 20.8 Å². The Hall–Kier alpha value is -0.770. The average Bonchev–Trinajstić information content (AvgIpc) is 2.73. The van der Waals surface area contributed by atoms with E-state index in [1.54, 1.807) is 0 Å². The fourth-order valence-electron chi connectivity index (χ4n) is 3.42. The minimum absolute atomic E-state index is 0.394. The topological polar surface area (TPSA) is 58.6 Å². The summed E-state index contributed by atoms with van der Waals surface area (Å²) in [7, 11) is 0. The van der Waals surface area contributed by atoms with Gasteiger partial charge in [0, 0.05) is 6.54 Å². The van der Waals surface area contributed by atoms with Crippen LogP contribution in [0.5, 0.6) is 0 Å². The molecule has 2 fully saturated rings. The number of carbonyl (C=O) groups excluding carboxylic acids is 1. The largest absolute Gasteiger partial charge is 0.444 e. The summed E-state index contributed by atoms with van der Waals surface area (Å²) >= 11 is 0. The first-order valence-electron chi connectivity index (χ1n) is 6.98. The Bertz CT molecular complexity index is 323. The molecule has 1 amide bonds. The molecule has 3 atom stereocenters. The molecular weight excluding hydrogens is 230 g/mol. The second kappa shape index (κ2) is 4.72. The summed E-state index contributed by atoms with van der Waals surface area (Å²) in [5.74, 6) is 1.16. The van der Waals surface area contributed by atoms with Crippen molar-refractivity contribution in [3.8, 4) is 0 Å². The van der Waals surface area contributed by atoms with Crippen LogP contribution >= 0.6 is 0 Å². The van der Waals surface area contributed by atoms with E-state index >= 15 is 0 Å². The van der Waals surface area contributed by atoms with Crippen molar-refractivity contribution >= 4 is 6.09 Å². The van der Waals surface area contributed by atoms with Crippen molar-refractivity contribution in [3.05, 3.63) is 0 Å². The van der Waals surface area contributed by atoms with Crippen LogP contribution in [0.15, 0.2) is 0 Å². The quantitative estimate of drug-likeness (QED) is 0.814. The standard InChI is InChI=1S/C14H25NO3/c1-13(2,3)18-12(16)15-7-6-14(17)9-10-4-5-11(14)8-10/h10-11,17H,4-9H2,1-3H3,(H,15,16). The smallest absolute Gasteiger partial charge is 0.407 e. The van der Waals surface area contributed by atoms with Gasteiger partial charge in [-0.05, 0) is 64.7 Å². The number of aliphatic hydroxyl groups is 1. The third kappa shape index (κ3) is 3.16. The molecule has 104 valence electrons. The first-order valence-corrected chi connectivity index (χ1v) is 6.98. The van der Waals surface area contributed by atoms with Gasteiger partial charge in [0.1, 0.15) is 5.60 Å². The van der Waals surface area contributed by atoms with E-state index in [4.69, 9.17) is 4.74 Å². The SMILES string of the molecule is CC(C)(C)OC(=O)NCCC1(O)CC2CCC1C2. The van der Waals surface area contributed by atoms with Crippen molar-refractivity contribution in [1.82, 2.24) is 5.32 Å². The Morgan fingerprint density at radius 3 is 2.67 bits per heavy atom. The predicted octanol–water partition coefficient (Wildman–Crippen LogP) is 2.45. The van der Waals surface area contributed by atoms with Gasteiger partial charge in [0.15, 0.2) is 0 Å². The van der Waals surface area contributed by atoms with Crippen LogP contribution in [-0.2, 0) is 4.74 Å². The third-order valence-electron chi connectivity index (χ3n) is 4.17. The van der Waals surface area contributed by atoms with E-state index < -0.39 is 17.3 Å². The minimum Gasteiger partial charge on any atom is -0.444 e. The van der Waals surface area contributed by atoms with Gasteiger partial charge < -0.3 is 15.2 Å². The number of fused-ring (bicyclic) bond motifs is 2. The van der Waals surface area contributed by atoms with E-state index in [0.29, 0.717) is 24.8 Å². The van der Waals surface area contributed by atoms with Crippen molar-refractivity contribution in [2.75, 3.05) is 6.54 Å². The molecule has 2 aliphatic carbocycles. The van der Waals surface area contributed by atoms with Crippen LogP contribution in [0.1, 0.15) is 52.9 Å². The Balaban J connectivity index is 1.71. The second-order valence-corrected chi connectivity index (χ2v) is 6.86. The molecule has 0 aliphatic heterocycles. The van der Waals surface area contributed by atoms with E-state index in [0.717, 1.165) is 12.8 Å².